The maximum atomic E-state index is 3.42. The largest absolute Gasteiger partial charge is 0.319 e. The Bertz CT molecular complexity index is 433. The van der Waals surface area contributed by atoms with Gasteiger partial charge in [0.15, 0.2) is 0 Å². The highest BCUT2D eigenvalue weighted by Gasteiger charge is 2.31. The average Bonchev–Trinajstić information content (AvgIpc) is 2.82. The van der Waals surface area contributed by atoms with Crippen molar-refractivity contribution in [3.05, 3.63) is 21.9 Å². The van der Waals surface area contributed by atoms with Crippen LogP contribution in [0.4, 0.5) is 0 Å². The number of nitrogens with zero attached hydrogens (tertiary/aromatic N) is 1. The van der Waals surface area contributed by atoms with Gasteiger partial charge in [-0.3, -0.25) is 4.90 Å². The van der Waals surface area contributed by atoms with Gasteiger partial charge in [0, 0.05) is 15.8 Å². The highest BCUT2D eigenvalue weighted by atomic mass is 32.1. The maximum Gasteiger partial charge on any atom is 0.0481 e. The second kappa shape index (κ2) is 7.26. The van der Waals surface area contributed by atoms with Crippen LogP contribution in [0.2, 0.25) is 0 Å². The minimum Gasteiger partial charge on any atom is -0.319 e. The van der Waals surface area contributed by atoms with E-state index in [-0.39, 0.29) is 5.41 Å². The van der Waals surface area contributed by atoms with Crippen molar-refractivity contribution < 1.29 is 0 Å². The third-order valence-electron chi connectivity index (χ3n) is 4.64. The van der Waals surface area contributed by atoms with Gasteiger partial charge in [0.05, 0.1) is 0 Å². The van der Waals surface area contributed by atoms with Crippen LogP contribution in [0.25, 0.3) is 0 Å². The molecule has 1 N–H and O–H groups in total. The summed E-state index contributed by atoms with van der Waals surface area (Å²) in [6, 6.07) is 5.35. The quantitative estimate of drug-likeness (QED) is 0.885. The number of hydrogen-bond acceptors (Lipinski definition) is 3. The molecule has 0 aliphatic carbocycles. The Hall–Kier alpha value is -0.380. The molecule has 2 heterocycles. The summed E-state index contributed by atoms with van der Waals surface area (Å²) in [5.74, 6) is 0.740. The Balaban J connectivity index is 2.30. The van der Waals surface area contributed by atoms with Gasteiger partial charge < -0.3 is 5.32 Å². The minimum absolute atomic E-state index is 0.267. The molecule has 0 amide bonds. The van der Waals surface area contributed by atoms with Crippen molar-refractivity contribution in [3.8, 4) is 0 Å². The van der Waals surface area contributed by atoms with Gasteiger partial charge in [-0.05, 0) is 63.0 Å². The molecule has 2 rings (SSSR count). The topological polar surface area (TPSA) is 15.3 Å². The summed E-state index contributed by atoms with van der Waals surface area (Å²) in [6.45, 7) is 12.8. The van der Waals surface area contributed by atoms with E-state index in [0.29, 0.717) is 6.04 Å². The lowest BCUT2D eigenvalue weighted by molar-refractivity contribution is 0.165. The number of hydrogen-bond donors (Lipinski definition) is 1. The molecule has 1 aliphatic heterocycles. The molecule has 2 unspecified atom stereocenters. The van der Waals surface area contributed by atoms with E-state index in [1.165, 1.54) is 30.7 Å². The molecular weight excluding hydrogens is 276 g/mol. The van der Waals surface area contributed by atoms with Gasteiger partial charge in [-0.15, -0.1) is 11.3 Å². The summed E-state index contributed by atoms with van der Waals surface area (Å²) in [7, 11) is 2.09. The molecule has 1 aromatic heterocycles. The Kier molecular flexibility index (Phi) is 5.87. The Labute approximate surface area is 134 Å². The van der Waals surface area contributed by atoms with Crippen molar-refractivity contribution in [1.29, 1.82) is 0 Å². The highest BCUT2D eigenvalue weighted by Crippen LogP contribution is 2.40. The van der Waals surface area contributed by atoms with E-state index in [0.717, 1.165) is 19.0 Å². The molecule has 2 atom stereocenters. The first-order valence-electron chi connectivity index (χ1n) is 8.46. The van der Waals surface area contributed by atoms with Crippen molar-refractivity contribution in [3.63, 3.8) is 0 Å². The van der Waals surface area contributed by atoms with Crippen LogP contribution in [0.15, 0.2) is 12.1 Å². The standard InChI is InChI=1S/C18H32N2S/c1-6-20-12-8-7-9-14(13-19-5)17(20)15-10-11-16(21-15)18(2,3)4/h10-11,14,17,19H,6-9,12-13H2,1-5H3. The van der Waals surface area contributed by atoms with Gasteiger partial charge in [0.1, 0.15) is 0 Å². The molecule has 0 spiro atoms. The van der Waals surface area contributed by atoms with E-state index < -0.39 is 0 Å². The van der Waals surface area contributed by atoms with Crippen LogP contribution in [0.3, 0.4) is 0 Å². The number of nitrogens with one attached hydrogen (secondary N) is 1. The second-order valence-electron chi connectivity index (χ2n) is 7.34. The molecule has 120 valence electrons. The van der Waals surface area contributed by atoms with E-state index in [1.54, 1.807) is 4.88 Å². The smallest absolute Gasteiger partial charge is 0.0481 e. The lowest BCUT2D eigenvalue weighted by Gasteiger charge is -2.34. The third kappa shape index (κ3) is 4.08. The molecule has 3 heteroatoms. The molecule has 1 saturated heterocycles. The fraction of sp³-hybridized carbons (Fsp3) is 0.778. The molecule has 21 heavy (non-hydrogen) atoms. The predicted octanol–water partition coefficient (Wildman–Crippen LogP) is 4.43. The van der Waals surface area contributed by atoms with Crippen LogP contribution in [-0.2, 0) is 5.41 Å². The predicted molar refractivity (Wildman–Crippen MR) is 94.3 cm³/mol. The lowest BCUT2D eigenvalue weighted by atomic mass is 9.92. The molecular formula is C18H32N2S. The van der Waals surface area contributed by atoms with Crippen molar-refractivity contribution >= 4 is 11.3 Å². The van der Waals surface area contributed by atoms with Crippen molar-refractivity contribution in [2.24, 2.45) is 5.92 Å². The molecule has 2 nitrogen and oxygen atoms in total. The summed E-state index contributed by atoms with van der Waals surface area (Å²) in [4.78, 5) is 5.79. The zero-order chi connectivity index (χ0) is 15.5. The van der Waals surface area contributed by atoms with Crippen LogP contribution in [0.1, 0.15) is 62.8 Å². The second-order valence-corrected chi connectivity index (χ2v) is 8.45. The zero-order valence-electron chi connectivity index (χ0n) is 14.4. The van der Waals surface area contributed by atoms with Crippen LogP contribution in [-0.4, -0.2) is 31.6 Å². The lowest BCUT2D eigenvalue weighted by Crippen LogP contribution is -2.35. The molecule has 1 aromatic rings. The fourth-order valence-corrected chi connectivity index (χ4v) is 4.77. The minimum atomic E-state index is 0.267. The van der Waals surface area contributed by atoms with Gasteiger partial charge in [-0.2, -0.15) is 0 Å². The SMILES string of the molecule is CCN1CCCCC(CNC)C1c1ccc(C(C)(C)C)s1. The van der Waals surface area contributed by atoms with E-state index in [4.69, 9.17) is 0 Å². The van der Waals surface area contributed by atoms with E-state index in [2.05, 4.69) is 57.1 Å². The Morgan fingerprint density at radius 1 is 1.29 bits per heavy atom. The van der Waals surface area contributed by atoms with Gasteiger partial charge in [0.2, 0.25) is 0 Å². The van der Waals surface area contributed by atoms with Gasteiger partial charge in [-0.25, -0.2) is 0 Å². The highest BCUT2D eigenvalue weighted by molar-refractivity contribution is 7.12. The number of likely N-dealkylation sites (tertiary alicyclic amines) is 1. The maximum absolute atomic E-state index is 3.42. The van der Waals surface area contributed by atoms with Crippen LogP contribution >= 0.6 is 11.3 Å². The zero-order valence-corrected chi connectivity index (χ0v) is 15.2. The van der Waals surface area contributed by atoms with Crippen LogP contribution in [0.5, 0.6) is 0 Å². The summed E-state index contributed by atoms with van der Waals surface area (Å²) in [5, 5.41) is 3.42. The Morgan fingerprint density at radius 2 is 2.05 bits per heavy atom. The molecule has 0 radical (unpaired) electrons. The van der Waals surface area contributed by atoms with E-state index in [9.17, 15) is 0 Å². The first-order valence-corrected chi connectivity index (χ1v) is 9.28. The van der Waals surface area contributed by atoms with Gasteiger partial charge >= 0.3 is 0 Å². The molecule has 0 saturated carbocycles. The van der Waals surface area contributed by atoms with E-state index >= 15 is 0 Å². The summed E-state index contributed by atoms with van der Waals surface area (Å²) < 4.78 is 0. The molecule has 1 aliphatic rings. The van der Waals surface area contributed by atoms with Crippen molar-refractivity contribution in [2.75, 3.05) is 26.7 Å². The normalized spacial score (nSPS) is 25.0. The van der Waals surface area contributed by atoms with Gasteiger partial charge in [0.25, 0.3) is 0 Å². The molecule has 0 bridgehead atoms. The molecule has 0 aromatic carbocycles. The Morgan fingerprint density at radius 3 is 2.62 bits per heavy atom. The number of thiophene rings is 1. The summed E-state index contributed by atoms with van der Waals surface area (Å²) >= 11 is 2.03. The fourth-order valence-electron chi connectivity index (χ4n) is 3.47. The summed E-state index contributed by atoms with van der Waals surface area (Å²) in [6.07, 6.45) is 4.07. The summed E-state index contributed by atoms with van der Waals surface area (Å²) in [5.41, 5.74) is 0.267. The van der Waals surface area contributed by atoms with Gasteiger partial charge in [-0.1, -0.05) is 34.1 Å². The van der Waals surface area contributed by atoms with Crippen LogP contribution < -0.4 is 5.32 Å². The number of rotatable bonds is 4. The average molecular weight is 309 g/mol. The van der Waals surface area contributed by atoms with E-state index in [1.807, 2.05) is 11.3 Å². The third-order valence-corrected chi connectivity index (χ3v) is 6.22. The van der Waals surface area contributed by atoms with Crippen molar-refractivity contribution in [2.45, 2.75) is 58.4 Å². The monoisotopic (exact) mass is 308 g/mol. The van der Waals surface area contributed by atoms with Crippen LogP contribution in [0, 0.1) is 5.92 Å². The molecule has 1 fully saturated rings. The first-order chi connectivity index (χ1) is 9.97. The van der Waals surface area contributed by atoms with Crippen molar-refractivity contribution in [1.82, 2.24) is 10.2 Å². The first kappa shape index (κ1) is 17.0.